The summed E-state index contributed by atoms with van der Waals surface area (Å²) < 4.78 is 0. The van der Waals surface area contributed by atoms with Gasteiger partial charge in [-0.1, -0.05) is 0 Å². The second-order valence-electron chi connectivity index (χ2n) is 1.76. The summed E-state index contributed by atoms with van der Waals surface area (Å²) in [6.07, 6.45) is 0. The lowest BCUT2D eigenvalue weighted by Crippen LogP contribution is -1.88. The molecule has 1 heterocycles. The van der Waals surface area contributed by atoms with E-state index in [1.165, 1.54) is 0 Å². The van der Waals surface area contributed by atoms with Crippen molar-refractivity contribution in [1.29, 1.82) is 0 Å². The number of nitrogens with one attached hydrogen (secondary N) is 1. The molecule has 64 valence electrons. The summed E-state index contributed by atoms with van der Waals surface area (Å²) in [5, 5.41) is 33.4. The molecule has 1 aromatic heterocycles. The predicted molar refractivity (Wildman–Crippen MR) is 33.6 cm³/mol. The summed E-state index contributed by atoms with van der Waals surface area (Å²) in [7, 11) is 0. The molecule has 0 amide bonds. The van der Waals surface area contributed by atoms with E-state index in [2.05, 4.69) is 5.10 Å². The highest BCUT2D eigenvalue weighted by atomic mass is 16.6. The minimum atomic E-state index is -1.06. The smallest absolute Gasteiger partial charge is 0.462 e. The quantitative estimate of drug-likeness (QED) is 0.475. The molecule has 0 aliphatic rings. The normalized spacial score (nSPS) is 9.67. The summed E-state index contributed by atoms with van der Waals surface area (Å²) in [5.74, 6) is -2.91. The third-order valence-corrected chi connectivity index (χ3v) is 1.06. The number of hydrogen-bond acceptors (Lipinski definition) is 6. The number of nitro groups is 2. The molecule has 2 N–H and O–H groups in total. The van der Waals surface area contributed by atoms with Crippen LogP contribution in [0.2, 0.25) is 0 Å². The zero-order valence-electron chi connectivity index (χ0n) is 5.42. The van der Waals surface area contributed by atoms with Gasteiger partial charge in [0.2, 0.25) is 0 Å². The fraction of sp³-hybridized carbons (Fsp3) is 0. The molecule has 0 aliphatic heterocycles. The molecule has 9 nitrogen and oxygen atoms in total. The Labute approximate surface area is 63.9 Å². The van der Waals surface area contributed by atoms with Crippen LogP contribution in [-0.4, -0.2) is 25.2 Å². The number of aromatic hydroxyl groups is 1. The predicted octanol–water partition coefficient (Wildman–Crippen LogP) is -0.0683. The van der Waals surface area contributed by atoms with E-state index in [0.717, 1.165) is 0 Å². The maximum atomic E-state index is 10.0. The molecule has 12 heavy (non-hydrogen) atoms. The first-order chi connectivity index (χ1) is 5.54. The number of aromatic nitrogens is 2. The molecule has 0 fully saturated rings. The Kier molecular flexibility index (Phi) is 1.62. The standard InChI is InChI=1S/C3H2N4O5/c8-1-2(6(9)10)4-5-3(1)7(11)12/h8H,(H,4,5). The highest BCUT2D eigenvalue weighted by Crippen LogP contribution is 2.31. The Hall–Kier alpha value is -2.19. The van der Waals surface area contributed by atoms with Gasteiger partial charge in [0.25, 0.3) is 0 Å². The van der Waals surface area contributed by atoms with Crippen LogP contribution >= 0.6 is 0 Å². The van der Waals surface area contributed by atoms with Crippen LogP contribution in [0, 0.1) is 20.2 Å². The topological polar surface area (TPSA) is 135 Å². The van der Waals surface area contributed by atoms with Crippen molar-refractivity contribution in [3.8, 4) is 5.75 Å². The number of aromatic amines is 1. The van der Waals surface area contributed by atoms with Crippen molar-refractivity contribution in [3.05, 3.63) is 20.2 Å². The lowest BCUT2D eigenvalue weighted by molar-refractivity contribution is -0.396. The highest BCUT2D eigenvalue weighted by Gasteiger charge is 2.30. The molecule has 0 atom stereocenters. The molecular formula is C3H2N4O5. The molecular weight excluding hydrogens is 172 g/mol. The van der Waals surface area contributed by atoms with Crippen LogP contribution < -0.4 is 0 Å². The Morgan fingerprint density at radius 1 is 1.33 bits per heavy atom. The van der Waals surface area contributed by atoms with E-state index < -0.39 is 27.2 Å². The molecule has 0 spiro atoms. The van der Waals surface area contributed by atoms with Crippen molar-refractivity contribution in [2.75, 3.05) is 0 Å². The van der Waals surface area contributed by atoms with E-state index in [0.29, 0.717) is 0 Å². The van der Waals surface area contributed by atoms with E-state index in [9.17, 15) is 20.2 Å². The van der Waals surface area contributed by atoms with Gasteiger partial charge < -0.3 is 25.3 Å². The Bertz CT molecular complexity index is 311. The molecule has 0 aliphatic carbocycles. The fourth-order valence-electron chi connectivity index (χ4n) is 0.572. The molecule has 1 aromatic rings. The van der Waals surface area contributed by atoms with Crippen molar-refractivity contribution < 1.29 is 15.0 Å². The van der Waals surface area contributed by atoms with Crippen LogP contribution in [0.5, 0.6) is 5.75 Å². The summed E-state index contributed by atoms with van der Waals surface area (Å²) in [5.41, 5.74) is 0. The van der Waals surface area contributed by atoms with Gasteiger partial charge in [0, 0.05) is 0 Å². The molecule has 0 bridgehead atoms. The van der Waals surface area contributed by atoms with Gasteiger partial charge in [-0.15, -0.1) is 0 Å². The van der Waals surface area contributed by atoms with E-state index in [4.69, 9.17) is 5.11 Å². The van der Waals surface area contributed by atoms with Crippen LogP contribution in [-0.2, 0) is 0 Å². The van der Waals surface area contributed by atoms with Gasteiger partial charge in [0.1, 0.15) is 0 Å². The van der Waals surface area contributed by atoms with Gasteiger partial charge in [0.15, 0.2) is 5.10 Å². The molecule has 1 rings (SSSR count). The lowest BCUT2D eigenvalue weighted by Gasteiger charge is -1.87. The van der Waals surface area contributed by atoms with Crippen molar-refractivity contribution in [3.63, 3.8) is 0 Å². The van der Waals surface area contributed by atoms with Gasteiger partial charge >= 0.3 is 17.4 Å². The fourth-order valence-corrected chi connectivity index (χ4v) is 0.572. The van der Waals surface area contributed by atoms with Crippen LogP contribution in [0.4, 0.5) is 11.6 Å². The number of hydrogen-bond donors (Lipinski definition) is 2. The molecule has 9 heteroatoms. The van der Waals surface area contributed by atoms with Crippen molar-refractivity contribution in [2.45, 2.75) is 0 Å². The minimum Gasteiger partial charge on any atom is -0.495 e. The lowest BCUT2D eigenvalue weighted by atomic mass is 10.5. The SMILES string of the molecule is O=[N+]([O-])c1n[nH]c([N+](=O)[O-])c1O. The van der Waals surface area contributed by atoms with Gasteiger partial charge in [-0.25, -0.2) is 0 Å². The third kappa shape index (κ3) is 1.02. The van der Waals surface area contributed by atoms with Gasteiger partial charge in [0.05, 0.1) is 0 Å². The summed E-state index contributed by atoms with van der Waals surface area (Å²) in [6.45, 7) is 0. The van der Waals surface area contributed by atoms with E-state index in [1.54, 1.807) is 5.10 Å². The van der Waals surface area contributed by atoms with Crippen LogP contribution in [0.3, 0.4) is 0 Å². The van der Waals surface area contributed by atoms with Gasteiger partial charge in [-0.2, -0.15) is 0 Å². The van der Waals surface area contributed by atoms with Crippen LogP contribution in [0.25, 0.3) is 0 Å². The highest BCUT2D eigenvalue weighted by molar-refractivity contribution is 5.50. The van der Waals surface area contributed by atoms with E-state index >= 15 is 0 Å². The maximum absolute atomic E-state index is 10.0. The molecule has 0 saturated heterocycles. The monoisotopic (exact) mass is 174 g/mol. The molecule has 0 aromatic carbocycles. The van der Waals surface area contributed by atoms with Crippen molar-refractivity contribution in [1.82, 2.24) is 10.2 Å². The first kappa shape index (κ1) is 7.91. The van der Waals surface area contributed by atoms with Crippen LogP contribution in [0.1, 0.15) is 0 Å². The molecule has 0 saturated carbocycles. The molecule has 0 radical (unpaired) electrons. The average Bonchev–Trinajstić information content (AvgIpc) is 2.30. The zero-order valence-corrected chi connectivity index (χ0v) is 5.42. The summed E-state index contributed by atoms with van der Waals surface area (Å²) in [4.78, 5) is 18.0. The third-order valence-electron chi connectivity index (χ3n) is 1.06. The minimum absolute atomic E-state index is 0.887. The second kappa shape index (κ2) is 2.45. The first-order valence-electron chi connectivity index (χ1n) is 2.60. The number of rotatable bonds is 2. The average molecular weight is 174 g/mol. The number of H-pyrrole nitrogens is 1. The number of nitrogens with zero attached hydrogens (tertiary/aromatic N) is 3. The van der Waals surface area contributed by atoms with E-state index in [1.807, 2.05) is 0 Å². The summed E-state index contributed by atoms with van der Waals surface area (Å²) >= 11 is 0. The molecule has 0 unspecified atom stereocenters. The first-order valence-corrected chi connectivity index (χ1v) is 2.60. The van der Waals surface area contributed by atoms with Crippen molar-refractivity contribution in [2.24, 2.45) is 0 Å². The largest absolute Gasteiger partial charge is 0.495 e. The second-order valence-corrected chi connectivity index (χ2v) is 1.76. The van der Waals surface area contributed by atoms with Gasteiger partial charge in [-0.3, -0.25) is 0 Å². The van der Waals surface area contributed by atoms with Gasteiger partial charge in [-0.05, 0) is 14.9 Å². The Balaban J connectivity index is 3.22. The maximum Gasteiger partial charge on any atom is 0.462 e. The zero-order chi connectivity index (χ0) is 9.30. The Morgan fingerprint density at radius 2 is 1.92 bits per heavy atom. The Morgan fingerprint density at radius 3 is 2.17 bits per heavy atom. The van der Waals surface area contributed by atoms with Crippen LogP contribution in [0.15, 0.2) is 0 Å². The summed E-state index contributed by atoms with van der Waals surface area (Å²) in [6, 6.07) is 0. The van der Waals surface area contributed by atoms with E-state index in [-0.39, 0.29) is 0 Å². The van der Waals surface area contributed by atoms with Crippen molar-refractivity contribution >= 4 is 11.6 Å².